The number of carbonyl (C=O) groups excluding carboxylic acids is 2. The van der Waals surface area contributed by atoms with Crippen molar-refractivity contribution in [3.8, 4) is 5.75 Å². The molecule has 6 heteroatoms. The summed E-state index contributed by atoms with van der Waals surface area (Å²) in [6, 6.07) is 12.3. The van der Waals surface area contributed by atoms with Crippen molar-refractivity contribution in [2.45, 2.75) is 58.8 Å². The van der Waals surface area contributed by atoms with Gasteiger partial charge >= 0.3 is 0 Å². The smallest absolute Gasteiger partial charge is 0.295 e. The van der Waals surface area contributed by atoms with Crippen molar-refractivity contribution in [2.24, 2.45) is 0 Å². The molecule has 0 radical (unpaired) electrons. The van der Waals surface area contributed by atoms with Crippen molar-refractivity contribution >= 4 is 17.4 Å². The Morgan fingerprint density at radius 3 is 2.61 bits per heavy atom. The van der Waals surface area contributed by atoms with Crippen molar-refractivity contribution < 1.29 is 24.2 Å². The first-order valence-electron chi connectivity index (χ1n) is 11.5. The first-order valence-corrected chi connectivity index (χ1v) is 11.5. The Kier molecular flexibility index (Phi) is 6.56. The van der Waals surface area contributed by atoms with Gasteiger partial charge in [0.15, 0.2) is 0 Å². The summed E-state index contributed by atoms with van der Waals surface area (Å²) in [5, 5.41) is 11.3. The van der Waals surface area contributed by atoms with E-state index in [2.05, 4.69) is 0 Å². The van der Waals surface area contributed by atoms with Crippen LogP contribution in [0.15, 0.2) is 48.0 Å². The topological polar surface area (TPSA) is 76.1 Å². The SMILES string of the molecule is Cc1cccc(C2/C(=C(/O)c3ccc(OC(C)C)c(C)c3)C(=O)C(=O)N2CC2CCCO2)c1. The highest BCUT2D eigenvalue weighted by Crippen LogP contribution is 2.40. The van der Waals surface area contributed by atoms with Gasteiger partial charge in [0.1, 0.15) is 11.5 Å². The fourth-order valence-electron chi connectivity index (χ4n) is 4.60. The number of aliphatic hydroxyl groups is 1. The van der Waals surface area contributed by atoms with E-state index in [1.807, 2.05) is 52.0 Å². The van der Waals surface area contributed by atoms with E-state index in [1.165, 1.54) is 0 Å². The molecule has 6 nitrogen and oxygen atoms in total. The van der Waals surface area contributed by atoms with Crippen molar-refractivity contribution in [2.75, 3.05) is 13.2 Å². The molecule has 1 amide bonds. The monoisotopic (exact) mass is 449 g/mol. The molecule has 1 N–H and O–H groups in total. The summed E-state index contributed by atoms with van der Waals surface area (Å²) in [7, 11) is 0. The number of ether oxygens (including phenoxy) is 2. The molecule has 2 saturated heterocycles. The van der Waals surface area contributed by atoms with Crippen LogP contribution in [0.25, 0.3) is 5.76 Å². The van der Waals surface area contributed by atoms with E-state index < -0.39 is 17.7 Å². The quantitative estimate of drug-likeness (QED) is 0.393. The number of carbonyl (C=O) groups is 2. The molecule has 2 aromatic rings. The number of amides is 1. The molecule has 2 fully saturated rings. The summed E-state index contributed by atoms with van der Waals surface area (Å²) in [6.45, 7) is 8.73. The Morgan fingerprint density at radius 2 is 1.97 bits per heavy atom. The van der Waals surface area contributed by atoms with Gasteiger partial charge in [-0.3, -0.25) is 9.59 Å². The molecule has 0 bridgehead atoms. The molecule has 0 aromatic heterocycles. The maximum atomic E-state index is 13.2. The zero-order valence-corrected chi connectivity index (χ0v) is 19.6. The molecule has 2 aliphatic heterocycles. The number of rotatable bonds is 6. The maximum Gasteiger partial charge on any atom is 0.295 e. The summed E-state index contributed by atoms with van der Waals surface area (Å²) in [6.07, 6.45) is 1.70. The number of aliphatic hydroxyl groups excluding tert-OH is 1. The van der Waals surface area contributed by atoms with Crippen molar-refractivity contribution in [3.05, 3.63) is 70.3 Å². The molecule has 0 aliphatic carbocycles. The molecule has 2 aromatic carbocycles. The second-order valence-electron chi connectivity index (χ2n) is 9.15. The fraction of sp³-hybridized carbons (Fsp3) is 0.407. The highest BCUT2D eigenvalue weighted by atomic mass is 16.5. The minimum atomic E-state index is -0.669. The lowest BCUT2D eigenvalue weighted by Crippen LogP contribution is -2.36. The van der Waals surface area contributed by atoms with E-state index in [9.17, 15) is 14.7 Å². The molecule has 174 valence electrons. The zero-order chi connectivity index (χ0) is 23.7. The Balaban J connectivity index is 1.80. The van der Waals surface area contributed by atoms with Crippen molar-refractivity contribution in [1.29, 1.82) is 0 Å². The number of ketones is 1. The summed E-state index contributed by atoms with van der Waals surface area (Å²) in [5.74, 6) is -0.725. The molecule has 0 saturated carbocycles. The molecule has 2 aliphatic rings. The van der Waals surface area contributed by atoms with Gasteiger partial charge in [0.25, 0.3) is 11.7 Å². The van der Waals surface area contributed by atoms with E-state index in [-0.39, 0.29) is 23.5 Å². The van der Waals surface area contributed by atoms with Crippen LogP contribution in [-0.4, -0.2) is 47.1 Å². The van der Waals surface area contributed by atoms with E-state index in [4.69, 9.17) is 9.47 Å². The van der Waals surface area contributed by atoms with Crippen LogP contribution >= 0.6 is 0 Å². The summed E-state index contributed by atoms with van der Waals surface area (Å²) < 4.78 is 11.5. The number of hydrogen-bond acceptors (Lipinski definition) is 5. The lowest BCUT2D eigenvalue weighted by Gasteiger charge is -2.27. The van der Waals surface area contributed by atoms with Gasteiger partial charge in [-0.15, -0.1) is 0 Å². The number of benzene rings is 2. The number of likely N-dealkylation sites (tertiary alicyclic amines) is 1. The third-order valence-corrected chi connectivity index (χ3v) is 6.13. The lowest BCUT2D eigenvalue weighted by molar-refractivity contribution is -0.140. The Morgan fingerprint density at radius 1 is 1.18 bits per heavy atom. The minimum Gasteiger partial charge on any atom is -0.507 e. The van der Waals surface area contributed by atoms with E-state index in [0.717, 1.165) is 35.3 Å². The van der Waals surface area contributed by atoms with Crippen LogP contribution in [0.4, 0.5) is 0 Å². The van der Waals surface area contributed by atoms with Crippen LogP contribution < -0.4 is 4.74 Å². The third-order valence-electron chi connectivity index (χ3n) is 6.13. The third kappa shape index (κ3) is 4.67. The molecular weight excluding hydrogens is 418 g/mol. The van der Waals surface area contributed by atoms with E-state index >= 15 is 0 Å². The predicted molar refractivity (Wildman–Crippen MR) is 126 cm³/mol. The van der Waals surface area contributed by atoms with Gasteiger partial charge in [0, 0.05) is 18.7 Å². The van der Waals surface area contributed by atoms with Crippen molar-refractivity contribution in [3.63, 3.8) is 0 Å². The number of hydrogen-bond donors (Lipinski definition) is 1. The average molecular weight is 450 g/mol. The molecule has 4 rings (SSSR count). The fourth-order valence-corrected chi connectivity index (χ4v) is 4.60. The van der Waals surface area contributed by atoms with Gasteiger partial charge < -0.3 is 19.5 Å². The van der Waals surface area contributed by atoms with Crippen LogP contribution in [-0.2, 0) is 14.3 Å². The number of Topliss-reactive ketones (excluding diaryl/α,β-unsaturated/α-hetero) is 1. The van der Waals surface area contributed by atoms with Crippen LogP contribution in [0.3, 0.4) is 0 Å². The Bertz CT molecular complexity index is 1100. The number of nitrogens with zero attached hydrogens (tertiary/aromatic N) is 1. The highest BCUT2D eigenvalue weighted by molar-refractivity contribution is 6.46. The van der Waals surface area contributed by atoms with Gasteiger partial charge in [-0.1, -0.05) is 29.8 Å². The molecule has 2 atom stereocenters. The predicted octanol–water partition coefficient (Wildman–Crippen LogP) is 4.69. The van der Waals surface area contributed by atoms with Gasteiger partial charge in [-0.2, -0.15) is 0 Å². The maximum absolute atomic E-state index is 13.2. The summed E-state index contributed by atoms with van der Waals surface area (Å²) >= 11 is 0. The van der Waals surface area contributed by atoms with Crippen molar-refractivity contribution in [1.82, 2.24) is 4.90 Å². The van der Waals surface area contributed by atoms with Gasteiger partial charge in [-0.25, -0.2) is 0 Å². The molecule has 33 heavy (non-hydrogen) atoms. The lowest BCUT2D eigenvalue weighted by atomic mass is 9.94. The first kappa shape index (κ1) is 23.1. The summed E-state index contributed by atoms with van der Waals surface area (Å²) in [4.78, 5) is 27.9. The van der Waals surface area contributed by atoms with E-state index in [0.29, 0.717) is 18.7 Å². The van der Waals surface area contributed by atoms with Crippen LogP contribution in [0.5, 0.6) is 5.75 Å². The normalized spacial score (nSPS) is 22.4. The zero-order valence-electron chi connectivity index (χ0n) is 19.6. The van der Waals surface area contributed by atoms with E-state index in [1.54, 1.807) is 23.1 Å². The Labute approximate surface area is 194 Å². The van der Waals surface area contributed by atoms with Gasteiger partial charge in [0.05, 0.1) is 23.8 Å². The second kappa shape index (κ2) is 9.40. The molecular formula is C27H31NO5. The standard InChI is InChI=1S/C27H31NO5/c1-16(2)33-22-11-10-20(14-18(22)4)25(29)23-24(19-8-5-7-17(3)13-19)28(27(31)26(23)30)15-21-9-6-12-32-21/h5,7-8,10-11,13-14,16,21,24,29H,6,9,12,15H2,1-4H3/b25-23-. The average Bonchev–Trinajstić information content (AvgIpc) is 3.37. The molecule has 0 spiro atoms. The minimum absolute atomic E-state index is 0.0209. The Hall–Kier alpha value is -3.12. The highest BCUT2D eigenvalue weighted by Gasteiger charge is 2.47. The molecule has 2 unspecified atom stereocenters. The van der Waals surface area contributed by atoms with Crippen LogP contribution in [0.1, 0.15) is 55.0 Å². The first-order chi connectivity index (χ1) is 15.8. The number of aryl methyl sites for hydroxylation is 2. The van der Waals surface area contributed by atoms with Crippen LogP contribution in [0, 0.1) is 13.8 Å². The van der Waals surface area contributed by atoms with Gasteiger partial charge in [0.2, 0.25) is 0 Å². The summed E-state index contributed by atoms with van der Waals surface area (Å²) in [5.41, 5.74) is 3.25. The molecule has 2 heterocycles. The second-order valence-corrected chi connectivity index (χ2v) is 9.15. The van der Waals surface area contributed by atoms with Crippen LogP contribution in [0.2, 0.25) is 0 Å². The van der Waals surface area contributed by atoms with Gasteiger partial charge in [-0.05, 0) is 69.9 Å². The largest absolute Gasteiger partial charge is 0.507 e.